The van der Waals surface area contributed by atoms with E-state index in [1.54, 1.807) is 7.11 Å². The average Bonchev–Trinajstić information content (AvgIpc) is 3.21. The number of nitrogens with zero attached hydrogens (tertiary/aromatic N) is 2. The number of halogens is 1. The maximum atomic E-state index is 5.68. The van der Waals surface area contributed by atoms with Gasteiger partial charge >= 0.3 is 0 Å². The molecule has 1 N–H and O–H groups in total. The van der Waals surface area contributed by atoms with Crippen molar-refractivity contribution in [2.24, 2.45) is 10.9 Å². The van der Waals surface area contributed by atoms with E-state index in [1.165, 1.54) is 11.1 Å². The number of rotatable bonds is 13. The molecule has 1 atom stereocenters. The summed E-state index contributed by atoms with van der Waals surface area (Å²) in [5.74, 6) is 1.49. The predicted molar refractivity (Wildman–Crippen MR) is 131 cm³/mol. The summed E-state index contributed by atoms with van der Waals surface area (Å²) in [5, 5.41) is 3.49. The second kappa shape index (κ2) is 16.7. The van der Waals surface area contributed by atoms with Crippen LogP contribution in [0.3, 0.4) is 0 Å². The molecule has 0 bridgehead atoms. The molecule has 0 aromatic heterocycles. The minimum Gasteiger partial charge on any atom is -0.382 e. The van der Waals surface area contributed by atoms with Crippen LogP contribution >= 0.6 is 24.0 Å². The van der Waals surface area contributed by atoms with Crippen LogP contribution in [0.5, 0.6) is 0 Å². The van der Waals surface area contributed by atoms with Gasteiger partial charge in [-0.3, -0.25) is 4.99 Å². The number of ether oxygens (including phenoxy) is 4. The molecular weight excluding hydrogens is 497 g/mol. The number of benzene rings is 1. The molecule has 0 spiro atoms. The molecular formula is C22H38IN3O4. The lowest BCUT2D eigenvalue weighted by molar-refractivity contribution is 0.0453. The van der Waals surface area contributed by atoms with Gasteiger partial charge in [-0.1, -0.05) is 24.3 Å². The van der Waals surface area contributed by atoms with Crippen LogP contribution in [0.4, 0.5) is 0 Å². The van der Waals surface area contributed by atoms with Gasteiger partial charge < -0.3 is 29.2 Å². The maximum absolute atomic E-state index is 5.68. The summed E-state index contributed by atoms with van der Waals surface area (Å²) < 4.78 is 21.7. The van der Waals surface area contributed by atoms with Gasteiger partial charge in [-0.05, 0) is 24.5 Å². The Balaban J connectivity index is 0.00000450. The molecule has 1 aromatic carbocycles. The fraction of sp³-hybridized carbons (Fsp3) is 0.682. The van der Waals surface area contributed by atoms with Crippen LogP contribution in [0.15, 0.2) is 29.3 Å². The van der Waals surface area contributed by atoms with Crippen molar-refractivity contribution < 1.29 is 18.9 Å². The van der Waals surface area contributed by atoms with Crippen molar-refractivity contribution in [1.29, 1.82) is 0 Å². The van der Waals surface area contributed by atoms with Crippen molar-refractivity contribution in [2.75, 3.05) is 66.9 Å². The highest BCUT2D eigenvalue weighted by Crippen LogP contribution is 2.17. The summed E-state index contributed by atoms with van der Waals surface area (Å²) >= 11 is 0. The highest BCUT2D eigenvalue weighted by atomic mass is 127. The molecule has 1 unspecified atom stereocenters. The summed E-state index contributed by atoms with van der Waals surface area (Å²) in [6.07, 6.45) is 1.13. The topological polar surface area (TPSA) is 64.6 Å². The highest BCUT2D eigenvalue weighted by molar-refractivity contribution is 14.0. The van der Waals surface area contributed by atoms with Gasteiger partial charge in [0.1, 0.15) is 0 Å². The minimum absolute atomic E-state index is 0. The Labute approximate surface area is 198 Å². The monoisotopic (exact) mass is 535 g/mol. The zero-order chi connectivity index (χ0) is 20.7. The quantitative estimate of drug-likeness (QED) is 0.182. The van der Waals surface area contributed by atoms with E-state index in [0.29, 0.717) is 39.0 Å². The summed E-state index contributed by atoms with van der Waals surface area (Å²) in [7, 11) is 3.54. The van der Waals surface area contributed by atoms with Crippen LogP contribution in [-0.4, -0.2) is 77.7 Å². The van der Waals surface area contributed by atoms with E-state index in [1.807, 2.05) is 14.0 Å². The van der Waals surface area contributed by atoms with Crippen LogP contribution in [0.1, 0.15) is 24.5 Å². The Morgan fingerprint density at radius 3 is 2.67 bits per heavy atom. The zero-order valence-corrected chi connectivity index (χ0v) is 20.9. The van der Waals surface area contributed by atoms with Crippen molar-refractivity contribution in [3.63, 3.8) is 0 Å². The molecule has 0 radical (unpaired) electrons. The van der Waals surface area contributed by atoms with Gasteiger partial charge in [0.2, 0.25) is 0 Å². The van der Waals surface area contributed by atoms with Crippen LogP contribution < -0.4 is 5.32 Å². The number of guanidine groups is 1. The van der Waals surface area contributed by atoms with Gasteiger partial charge in [-0.25, -0.2) is 0 Å². The van der Waals surface area contributed by atoms with Gasteiger partial charge in [-0.2, -0.15) is 0 Å². The fourth-order valence-electron chi connectivity index (χ4n) is 3.35. The summed E-state index contributed by atoms with van der Waals surface area (Å²) in [5.41, 5.74) is 2.39. The number of nitrogens with one attached hydrogen (secondary N) is 1. The second-order valence-corrected chi connectivity index (χ2v) is 7.14. The first kappa shape index (κ1) is 27.1. The van der Waals surface area contributed by atoms with Crippen molar-refractivity contribution in [3.8, 4) is 0 Å². The SMILES string of the molecule is CCOCCOCc1cccc(CNC(=NC)N2CCC(COCCOC)C2)c1.I. The molecule has 1 heterocycles. The van der Waals surface area contributed by atoms with Crippen molar-refractivity contribution in [3.05, 3.63) is 35.4 Å². The van der Waals surface area contributed by atoms with E-state index in [0.717, 1.165) is 45.2 Å². The standard InChI is InChI=1S/C22H37N3O4.HI/c1-4-27-12-13-29-17-20-7-5-6-19(14-20)15-24-22(23-2)25-9-8-21(16-25)18-28-11-10-26-3;/h5-7,14,21H,4,8-13,15-18H2,1-3H3,(H,23,24);1H. The number of hydrogen-bond acceptors (Lipinski definition) is 5. The molecule has 172 valence electrons. The molecule has 1 aliphatic rings. The first-order chi connectivity index (χ1) is 14.3. The fourth-order valence-corrected chi connectivity index (χ4v) is 3.35. The number of hydrogen-bond donors (Lipinski definition) is 1. The molecule has 1 aromatic rings. The summed E-state index contributed by atoms with van der Waals surface area (Å²) in [6, 6.07) is 8.47. The van der Waals surface area contributed by atoms with E-state index in [-0.39, 0.29) is 24.0 Å². The van der Waals surface area contributed by atoms with Crippen LogP contribution in [0.2, 0.25) is 0 Å². The van der Waals surface area contributed by atoms with E-state index < -0.39 is 0 Å². The number of aliphatic imine (C=N–C) groups is 1. The molecule has 2 rings (SSSR count). The lowest BCUT2D eigenvalue weighted by atomic mass is 10.1. The Kier molecular flexibility index (Phi) is 15.1. The van der Waals surface area contributed by atoms with E-state index in [4.69, 9.17) is 18.9 Å². The normalized spacial score (nSPS) is 16.6. The molecule has 8 heteroatoms. The Hall–Kier alpha value is -0.940. The van der Waals surface area contributed by atoms with E-state index in [9.17, 15) is 0 Å². The molecule has 0 amide bonds. The van der Waals surface area contributed by atoms with Gasteiger partial charge in [0.05, 0.1) is 39.6 Å². The molecule has 0 aliphatic carbocycles. The summed E-state index contributed by atoms with van der Waals surface area (Å²) in [4.78, 5) is 6.77. The number of methoxy groups -OCH3 is 1. The average molecular weight is 535 g/mol. The lowest BCUT2D eigenvalue weighted by Gasteiger charge is -2.22. The molecule has 1 fully saturated rings. The van der Waals surface area contributed by atoms with Crippen LogP contribution in [0, 0.1) is 5.92 Å². The third-order valence-corrected chi connectivity index (χ3v) is 4.87. The summed E-state index contributed by atoms with van der Waals surface area (Å²) in [6.45, 7) is 9.39. The number of likely N-dealkylation sites (tertiary alicyclic amines) is 1. The molecule has 0 saturated carbocycles. The third-order valence-electron chi connectivity index (χ3n) is 4.87. The molecule has 7 nitrogen and oxygen atoms in total. The predicted octanol–water partition coefficient (Wildman–Crippen LogP) is 2.92. The highest BCUT2D eigenvalue weighted by Gasteiger charge is 2.24. The Bertz CT molecular complexity index is 604. The maximum Gasteiger partial charge on any atom is 0.193 e. The van der Waals surface area contributed by atoms with E-state index in [2.05, 4.69) is 39.5 Å². The van der Waals surface area contributed by atoms with Crippen molar-refractivity contribution in [2.45, 2.75) is 26.5 Å². The van der Waals surface area contributed by atoms with Crippen LogP contribution in [0.25, 0.3) is 0 Å². The van der Waals surface area contributed by atoms with Crippen molar-refractivity contribution in [1.82, 2.24) is 10.2 Å². The largest absolute Gasteiger partial charge is 0.382 e. The Morgan fingerprint density at radius 1 is 1.13 bits per heavy atom. The van der Waals surface area contributed by atoms with Gasteiger partial charge in [-0.15, -0.1) is 24.0 Å². The van der Waals surface area contributed by atoms with E-state index >= 15 is 0 Å². The van der Waals surface area contributed by atoms with Gasteiger partial charge in [0.15, 0.2) is 5.96 Å². The van der Waals surface area contributed by atoms with Crippen molar-refractivity contribution >= 4 is 29.9 Å². The van der Waals surface area contributed by atoms with Gasteiger partial charge in [0, 0.05) is 46.3 Å². The third kappa shape index (κ3) is 10.4. The first-order valence-corrected chi connectivity index (χ1v) is 10.5. The Morgan fingerprint density at radius 2 is 1.90 bits per heavy atom. The molecule has 1 saturated heterocycles. The van der Waals surface area contributed by atoms with Gasteiger partial charge in [0.25, 0.3) is 0 Å². The molecule has 1 aliphatic heterocycles. The molecule has 30 heavy (non-hydrogen) atoms. The second-order valence-electron chi connectivity index (χ2n) is 7.14. The minimum atomic E-state index is 0. The zero-order valence-electron chi connectivity index (χ0n) is 18.6. The van der Waals surface area contributed by atoms with Crippen LogP contribution in [-0.2, 0) is 32.1 Å². The first-order valence-electron chi connectivity index (χ1n) is 10.5. The smallest absolute Gasteiger partial charge is 0.193 e. The lowest BCUT2D eigenvalue weighted by Crippen LogP contribution is -2.39.